The molecule has 2 aromatic heterocycles. The van der Waals surface area contributed by atoms with Crippen molar-refractivity contribution in [2.24, 2.45) is 0 Å². The fourth-order valence-electron chi connectivity index (χ4n) is 3.69. The maximum Gasteiger partial charge on any atom is 0.235 e. The molecule has 9 heteroatoms. The Hall–Kier alpha value is -2.28. The zero-order chi connectivity index (χ0) is 21.6. The molecular weight excluding hydrogens is 446 g/mol. The molecular formula is C22H23N5OS3. The van der Waals surface area contributed by atoms with Crippen LogP contribution in [0, 0.1) is 11.3 Å². The maximum atomic E-state index is 12.8. The lowest BCUT2D eigenvalue weighted by atomic mass is 9.95. The van der Waals surface area contributed by atoms with Crippen LogP contribution in [-0.4, -0.2) is 32.2 Å². The predicted octanol–water partition coefficient (Wildman–Crippen LogP) is 5.31. The summed E-state index contributed by atoms with van der Waals surface area (Å²) in [6, 6.07) is 12.3. The molecule has 1 N–H and O–H groups in total. The van der Waals surface area contributed by atoms with Crippen molar-refractivity contribution in [3.63, 3.8) is 0 Å². The van der Waals surface area contributed by atoms with E-state index in [2.05, 4.69) is 33.1 Å². The Morgan fingerprint density at radius 3 is 2.68 bits per heavy atom. The lowest BCUT2D eigenvalue weighted by Gasteiger charge is -2.17. The average molecular weight is 470 g/mol. The van der Waals surface area contributed by atoms with Gasteiger partial charge < -0.3 is 5.32 Å². The van der Waals surface area contributed by atoms with Gasteiger partial charge in [0.25, 0.3) is 0 Å². The second-order valence-corrected chi connectivity index (χ2v) is 10.7. The monoisotopic (exact) mass is 469 g/mol. The van der Waals surface area contributed by atoms with Gasteiger partial charge in [-0.15, -0.1) is 10.2 Å². The molecule has 31 heavy (non-hydrogen) atoms. The number of carbonyl (C=O) groups is 1. The van der Waals surface area contributed by atoms with Crippen LogP contribution in [-0.2, 0) is 17.6 Å². The lowest BCUT2D eigenvalue weighted by Crippen LogP contribution is -2.18. The first-order valence-electron chi connectivity index (χ1n) is 10.3. The van der Waals surface area contributed by atoms with Gasteiger partial charge in [-0.05, 0) is 49.8 Å². The summed E-state index contributed by atoms with van der Waals surface area (Å²) in [6.07, 6.45) is 5.03. The fraction of sp³-hybridized carbons (Fsp3) is 0.364. The Labute approximate surface area is 194 Å². The van der Waals surface area contributed by atoms with E-state index < -0.39 is 0 Å². The zero-order valence-corrected chi connectivity index (χ0v) is 19.7. The number of fused-ring (bicyclic) bond motifs is 1. The molecule has 0 aliphatic heterocycles. The third-order valence-corrected chi connectivity index (χ3v) is 8.39. The number of anilines is 1. The van der Waals surface area contributed by atoms with Crippen LogP contribution in [0.15, 0.2) is 39.0 Å². The number of amides is 1. The Bertz CT molecular complexity index is 1100. The molecule has 6 nitrogen and oxygen atoms in total. The van der Waals surface area contributed by atoms with E-state index in [0.717, 1.165) is 63.5 Å². The van der Waals surface area contributed by atoms with E-state index in [-0.39, 0.29) is 11.7 Å². The number of para-hydroxylation sites is 1. The van der Waals surface area contributed by atoms with Crippen LogP contribution in [0.1, 0.15) is 43.0 Å². The van der Waals surface area contributed by atoms with Gasteiger partial charge in [-0.25, -0.2) is 0 Å². The highest BCUT2D eigenvalue weighted by Gasteiger charge is 2.26. The van der Waals surface area contributed by atoms with Crippen molar-refractivity contribution in [1.29, 1.82) is 5.26 Å². The number of nitriles is 1. The van der Waals surface area contributed by atoms with Gasteiger partial charge in [0.05, 0.1) is 11.3 Å². The number of hydrogen-bond donors (Lipinski definition) is 1. The van der Waals surface area contributed by atoms with Crippen molar-refractivity contribution in [2.45, 2.75) is 47.7 Å². The summed E-state index contributed by atoms with van der Waals surface area (Å²) < 4.78 is 3.77. The largest absolute Gasteiger partial charge is 0.310 e. The molecule has 1 aromatic carbocycles. The van der Waals surface area contributed by atoms with Gasteiger partial charge in [0.1, 0.15) is 11.9 Å². The summed E-state index contributed by atoms with van der Waals surface area (Å²) in [6.45, 7) is 2.13. The summed E-state index contributed by atoms with van der Waals surface area (Å²) >= 11 is 4.59. The standard InChI is InChI=1S/C22H23N5OS3/c1-2-12-29-21-25-26-22(31-21)30-14-19(28)24-20-17(13-23)16-10-6-7-11-18(16)27(20)15-8-4-3-5-9-15/h3-5,8-9H,2,6-7,10-12,14H2,1H3,(H,24,28). The van der Waals surface area contributed by atoms with Crippen LogP contribution < -0.4 is 5.32 Å². The molecule has 160 valence electrons. The second-order valence-electron chi connectivity index (χ2n) is 7.16. The summed E-state index contributed by atoms with van der Waals surface area (Å²) in [4.78, 5) is 12.8. The van der Waals surface area contributed by atoms with Crippen molar-refractivity contribution in [3.05, 3.63) is 47.2 Å². The maximum absolute atomic E-state index is 12.8. The van der Waals surface area contributed by atoms with Crippen LogP contribution in [0.4, 0.5) is 5.82 Å². The number of carbonyl (C=O) groups excluding carboxylic acids is 1. The minimum atomic E-state index is -0.147. The van der Waals surface area contributed by atoms with E-state index in [9.17, 15) is 10.1 Å². The van der Waals surface area contributed by atoms with Gasteiger partial charge >= 0.3 is 0 Å². The van der Waals surface area contributed by atoms with E-state index in [0.29, 0.717) is 11.4 Å². The Morgan fingerprint density at radius 2 is 1.94 bits per heavy atom. The van der Waals surface area contributed by atoms with Gasteiger partial charge in [0.15, 0.2) is 8.68 Å². The minimum absolute atomic E-state index is 0.147. The highest BCUT2D eigenvalue weighted by atomic mass is 32.2. The number of nitrogens with one attached hydrogen (secondary N) is 1. The van der Waals surface area contributed by atoms with Gasteiger partial charge in [0, 0.05) is 17.1 Å². The summed E-state index contributed by atoms with van der Waals surface area (Å²) in [5.41, 5.74) is 3.76. The second kappa shape index (κ2) is 10.4. The number of benzene rings is 1. The molecule has 0 fully saturated rings. The molecule has 3 aromatic rings. The third-order valence-electron chi connectivity index (χ3n) is 5.00. The van der Waals surface area contributed by atoms with Gasteiger partial charge in [-0.2, -0.15) is 5.26 Å². The molecule has 0 saturated heterocycles. The van der Waals surface area contributed by atoms with Crippen LogP contribution >= 0.6 is 34.9 Å². The molecule has 0 unspecified atom stereocenters. The van der Waals surface area contributed by atoms with E-state index >= 15 is 0 Å². The SMILES string of the molecule is CCCSc1nnc(SCC(=O)Nc2c(C#N)c3c(n2-c2ccccc2)CCCC3)s1. The number of thioether (sulfide) groups is 2. The summed E-state index contributed by atoms with van der Waals surface area (Å²) in [5, 5.41) is 21.3. The topological polar surface area (TPSA) is 83.6 Å². The predicted molar refractivity (Wildman–Crippen MR) is 127 cm³/mol. The number of nitrogens with zero attached hydrogens (tertiary/aromatic N) is 4. The van der Waals surface area contributed by atoms with Crippen molar-refractivity contribution in [1.82, 2.24) is 14.8 Å². The number of rotatable bonds is 8. The van der Waals surface area contributed by atoms with Crippen LogP contribution in [0.5, 0.6) is 0 Å². The first kappa shape index (κ1) is 21.9. The summed E-state index contributed by atoms with van der Waals surface area (Å²) in [5.74, 6) is 1.68. The number of aromatic nitrogens is 3. The van der Waals surface area contributed by atoms with E-state index in [1.54, 1.807) is 11.8 Å². The third kappa shape index (κ3) is 4.97. The Morgan fingerprint density at radius 1 is 1.19 bits per heavy atom. The smallest absolute Gasteiger partial charge is 0.235 e. The molecule has 2 heterocycles. The Balaban J connectivity index is 1.55. The van der Waals surface area contributed by atoms with E-state index in [4.69, 9.17) is 0 Å². The molecule has 1 aliphatic rings. The average Bonchev–Trinajstić information content (AvgIpc) is 3.38. The molecule has 0 atom stereocenters. The molecule has 0 spiro atoms. The molecule has 0 bridgehead atoms. The van der Waals surface area contributed by atoms with Crippen LogP contribution in [0.3, 0.4) is 0 Å². The fourth-order valence-corrected chi connectivity index (χ4v) is 6.44. The highest BCUT2D eigenvalue weighted by molar-refractivity contribution is 8.03. The molecule has 1 amide bonds. The Kier molecular flexibility index (Phi) is 7.33. The molecule has 1 aliphatic carbocycles. The molecule has 0 saturated carbocycles. The summed E-state index contributed by atoms with van der Waals surface area (Å²) in [7, 11) is 0. The van der Waals surface area contributed by atoms with Crippen LogP contribution in [0.25, 0.3) is 5.69 Å². The van der Waals surface area contributed by atoms with Crippen LogP contribution in [0.2, 0.25) is 0 Å². The van der Waals surface area contributed by atoms with Crippen molar-refractivity contribution in [3.8, 4) is 11.8 Å². The van der Waals surface area contributed by atoms with E-state index in [1.165, 1.54) is 23.1 Å². The first-order valence-corrected chi connectivity index (χ1v) is 13.1. The van der Waals surface area contributed by atoms with E-state index in [1.807, 2.05) is 30.3 Å². The van der Waals surface area contributed by atoms with Crippen molar-refractivity contribution >= 4 is 46.6 Å². The molecule has 4 rings (SSSR count). The minimum Gasteiger partial charge on any atom is -0.310 e. The van der Waals surface area contributed by atoms with Gasteiger partial charge in [-0.1, -0.05) is 60.0 Å². The zero-order valence-electron chi connectivity index (χ0n) is 17.3. The quantitative estimate of drug-likeness (QED) is 0.450. The molecule has 0 radical (unpaired) electrons. The van der Waals surface area contributed by atoms with Crippen molar-refractivity contribution in [2.75, 3.05) is 16.8 Å². The number of hydrogen-bond acceptors (Lipinski definition) is 7. The van der Waals surface area contributed by atoms with Gasteiger partial charge in [0.2, 0.25) is 5.91 Å². The lowest BCUT2D eigenvalue weighted by molar-refractivity contribution is -0.113. The van der Waals surface area contributed by atoms with Crippen molar-refractivity contribution < 1.29 is 4.79 Å². The van der Waals surface area contributed by atoms with Gasteiger partial charge in [-0.3, -0.25) is 9.36 Å². The first-order chi connectivity index (χ1) is 15.2. The normalized spacial score (nSPS) is 12.9. The highest BCUT2D eigenvalue weighted by Crippen LogP contribution is 2.36.